The topological polar surface area (TPSA) is 79.4 Å². The van der Waals surface area contributed by atoms with Gasteiger partial charge in [0.05, 0.1) is 24.6 Å². The van der Waals surface area contributed by atoms with Crippen LogP contribution in [0.5, 0.6) is 5.75 Å². The molecule has 0 amide bonds. The lowest BCUT2D eigenvalue weighted by Crippen LogP contribution is -2.37. The smallest absolute Gasteiger partial charge is 0.256 e. The Morgan fingerprint density at radius 1 is 1.13 bits per heavy atom. The first-order chi connectivity index (χ1) is 14.7. The molecule has 0 aliphatic heterocycles. The molecule has 1 fully saturated rings. The number of aromatic nitrogens is 2. The lowest BCUT2D eigenvalue weighted by molar-refractivity contribution is 0.415. The van der Waals surface area contributed by atoms with E-state index in [2.05, 4.69) is 33.7 Å². The van der Waals surface area contributed by atoms with Gasteiger partial charge in [0.2, 0.25) is 5.95 Å². The minimum Gasteiger partial charge on any atom is -0.497 e. The number of nitrogens with zero attached hydrogens (tertiary/aromatic N) is 2. The summed E-state index contributed by atoms with van der Waals surface area (Å²) in [4.78, 5) is 20.9. The van der Waals surface area contributed by atoms with Crippen molar-refractivity contribution in [1.29, 1.82) is 0 Å². The normalized spacial score (nSPS) is 16.4. The Morgan fingerprint density at radius 2 is 1.90 bits per heavy atom. The number of hydrogen-bond donors (Lipinski definition) is 2. The van der Waals surface area contributed by atoms with Crippen LogP contribution in [0.2, 0.25) is 0 Å². The van der Waals surface area contributed by atoms with E-state index in [1.807, 2.05) is 30.3 Å². The van der Waals surface area contributed by atoms with Crippen LogP contribution >= 0.6 is 0 Å². The van der Waals surface area contributed by atoms with Crippen molar-refractivity contribution in [2.75, 3.05) is 12.5 Å². The number of rotatable bonds is 4. The van der Waals surface area contributed by atoms with E-state index in [4.69, 9.17) is 9.72 Å². The molecule has 1 saturated carbocycles. The summed E-state index contributed by atoms with van der Waals surface area (Å²) in [7, 11) is 1.64. The van der Waals surface area contributed by atoms with E-state index >= 15 is 0 Å². The van der Waals surface area contributed by atoms with E-state index in [9.17, 15) is 4.79 Å². The van der Waals surface area contributed by atoms with Gasteiger partial charge in [-0.2, -0.15) is 5.10 Å². The van der Waals surface area contributed by atoms with Gasteiger partial charge in [0.15, 0.2) is 0 Å². The summed E-state index contributed by atoms with van der Waals surface area (Å²) in [6.45, 7) is 0. The van der Waals surface area contributed by atoms with Gasteiger partial charge < -0.3 is 4.74 Å². The number of ether oxygens (including phenoxy) is 1. The highest BCUT2D eigenvalue weighted by molar-refractivity contribution is 5.80. The van der Waals surface area contributed by atoms with Gasteiger partial charge in [-0.3, -0.25) is 9.78 Å². The number of benzene rings is 2. The molecule has 2 aliphatic rings. The standard InChI is InChI=1S/C24H24N4O2/c1-30-18-10-8-16(9-11-18)15-25-28-23-26-21-19-7-3-2-6-17(19)14-24(12-4-5-13-24)20(21)22(29)27-23/h2-3,6-11,15H,4-5,12-14H2,1H3,(H2,26,27,28,29). The summed E-state index contributed by atoms with van der Waals surface area (Å²) in [6.07, 6.45) is 7.01. The van der Waals surface area contributed by atoms with Crippen molar-refractivity contribution < 1.29 is 4.74 Å². The number of fused-ring (bicyclic) bond motifs is 4. The molecule has 152 valence electrons. The monoisotopic (exact) mass is 400 g/mol. The summed E-state index contributed by atoms with van der Waals surface area (Å²) < 4.78 is 5.17. The summed E-state index contributed by atoms with van der Waals surface area (Å²) >= 11 is 0. The molecule has 3 aromatic rings. The molecule has 0 unspecified atom stereocenters. The number of anilines is 1. The molecular formula is C24H24N4O2. The molecule has 2 aromatic carbocycles. The molecule has 30 heavy (non-hydrogen) atoms. The number of hydrazone groups is 1. The number of hydrogen-bond acceptors (Lipinski definition) is 5. The summed E-state index contributed by atoms with van der Waals surface area (Å²) in [5.74, 6) is 1.15. The first-order valence-corrected chi connectivity index (χ1v) is 10.3. The predicted octanol–water partition coefficient (Wildman–Crippen LogP) is 4.26. The molecular weight excluding hydrogens is 376 g/mol. The fraction of sp³-hybridized carbons (Fsp3) is 0.292. The molecule has 6 nitrogen and oxygen atoms in total. The lowest BCUT2D eigenvalue weighted by Gasteiger charge is -2.35. The molecule has 2 N–H and O–H groups in total. The maximum Gasteiger partial charge on any atom is 0.256 e. The van der Waals surface area contributed by atoms with Crippen LogP contribution in [-0.2, 0) is 11.8 Å². The Balaban J connectivity index is 1.50. The number of H-pyrrole nitrogens is 1. The average molecular weight is 400 g/mol. The Kier molecular flexibility index (Phi) is 4.62. The van der Waals surface area contributed by atoms with Gasteiger partial charge in [-0.1, -0.05) is 37.1 Å². The molecule has 0 atom stereocenters. The van der Waals surface area contributed by atoms with Crippen LogP contribution in [0.3, 0.4) is 0 Å². The third kappa shape index (κ3) is 3.18. The van der Waals surface area contributed by atoms with Crippen LogP contribution in [0.25, 0.3) is 11.3 Å². The second-order valence-electron chi connectivity index (χ2n) is 8.10. The van der Waals surface area contributed by atoms with Gasteiger partial charge in [-0.05, 0) is 54.7 Å². The minimum atomic E-state index is -0.0881. The average Bonchev–Trinajstić information content (AvgIpc) is 3.22. The van der Waals surface area contributed by atoms with Crippen molar-refractivity contribution in [3.05, 3.63) is 75.6 Å². The highest BCUT2D eigenvalue weighted by Gasteiger charge is 2.43. The third-order valence-electron chi connectivity index (χ3n) is 6.31. The zero-order chi connectivity index (χ0) is 20.6. The van der Waals surface area contributed by atoms with Crippen molar-refractivity contribution in [3.63, 3.8) is 0 Å². The molecule has 6 heteroatoms. The highest BCUT2D eigenvalue weighted by atomic mass is 16.5. The molecule has 1 heterocycles. The second kappa shape index (κ2) is 7.44. The van der Waals surface area contributed by atoms with Gasteiger partial charge in [-0.15, -0.1) is 0 Å². The van der Waals surface area contributed by atoms with E-state index in [1.165, 1.54) is 5.56 Å². The maximum absolute atomic E-state index is 13.2. The van der Waals surface area contributed by atoms with Crippen LogP contribution < -0.4 is 15.7 Å². The molecule has 0 saturated heterocycles. The Morgan fingerprint density at radius 3 is 2.67 bits per heavy atom. The van der Waals surface area contributed by atoms with Gasteiger partial charge in [0, 0.05) is 11.0 Å². The maximum atomic E-state index is 13.2. The number of nitrogens with one attached hydrogen (secondary N) is 2. The fourth-order valence-electron chi connectivity index (χ4n) is 4.91. The SMILES string of the molecule is COc1ccc(C=NNc2nc3c(c(=O)[nH]2)C2(CCCC2)Cc2ccccc2-3)cc1. The molecule has 1 spiro atoms. The zero-order valence-electron chi connectivity index (χ0n) is 16.9. The van der Waals surface area contributed by atoms with Gasteiger partial charge in [0.25, 0.3) is 5.56 Å². The fourth-order valence-corrected chi connectivity index (χ4v) is 4.91. The van der Waals surface area contributed by atoms with Gasteiger partial charge in [-0.25, -0.2) is 10.4 Å². The van der Waals surface area contributed by atoms with E-state index in [1.54, 1.807) is 13.3 Å². The quantitative estimate of drug-likeness (QED) is 0.507. The molecule has 2 aliphatic carbocycles. The van der Waals surface area contributed by atoms with Crippen molar-refractivity contribution in [2.24, 2.45) is 5.10 Å². The Labute approximate surface area is 175 Å². The first kappa shape index (κ1) is 18.6. The van der Waals surface area contributed by atoms with Crippen LogP contribution in [0.1, 0.15) is 42.4 Å². The number of aromatic amines is 1. The minimum absolute atomic E-state index is 0.0569. The van der Waals surface area contributed by atoms with Gasteiger partial charge in [0.1, 0.15) is 5.75 Å². The van der Waals surface area contributed by atoms with E-state index in [-0.39, 0.29) is 11.0 Å². The Hall–Kier alpha value is -3.41. The summed E-state index contributed by atoms with van der Waals surface area (Å²) in [6, 6.07) is 15.9. The van der Waals surface area contributed by atoms with E-state index < -0.39 is 0 Å². The van der Waals surface area contributed by atoms with Crippen LogP contribution in [0.4, 0.5) is 5.95 Å². The summed E-state index contributed by atoms with van der Waals surface area (Å²) in [5.41, 5.74) is 7.64. The first-order valence-electron chi connectivity index (χ1n) is 10.3. The lowest BCUT2D eigenvalue weighted by atomic mass is 9.68. The van der Waals surface area contributed by atoms with Crippen molar-refractivity contribution >= 4 is 12.2 Å². The molecule has 1 aromatic heterocycles. The van der Waals surface area contributed by atoms with E-state index in [0.29, 0.717) is 5.95 Å². The molecule has 5 rings (SSSR count). The highest BCUT2D eigenvalue weighted by Crippen LogP contribution is 2.49. The third-order valence-corrected chi connectivity index (χ3v) is 6.31. The van der Waals surface area contributed by atoms with Crippen molar-refractivity contribution in [3.8, 4) is 17.0 Å². The zero-order valence-corrected chi connectivity index (χ0v) is 16.9. The van der Waals surface area contributed by atoms with Crippen LogP contribution in [0.15, 0.2) is 58.4 Å². The van der Waals surface area contributed by atoms with Gasteiger partial charge >= 0.3 is 0 Å². The predicted molar refractivity (Wildman–Crippen MR) is 118 cm³/mol. The largest absolute Gasteiger partial charge is 0.497 e. The van der Waals surface area contributed by atoms with Crippen molar-refractivity contribution in [1.82, 2.24) is 9.97 Å². The molecule has 0 radical (unpaired) electrons. The van der Waals surface area contributed by atoms with Crippen LogP contribution in [0, 0.1) is 0 Å². The number of methoxy groups -OCH3 is 1. The second-order valence-corrected chi connectivity index (χ2v) is 8.10. The summed E-state index contributed by atoms with van der Waals surface area (Å²) in [5, 5.41) is 4.25. The van der Waals surface area contributed by atoms with Crippen molar-refractivity contribution in [2.45, 2.75) is 37.5 Å². The van der Waals surface area contributed by atoms with E-state index in [0.717, 1.165) is 60.2 Å². The van der Waals surface area contributed by atoms with Crippen LogP contribution in [-0.4, -0.2) is 23.3 Å². The molecule has 0 bridgehead atoms. The Bertz CT molecular complexity index is 1160.